The number of rotatable bonds is 11. The summed E-state index contributed by atoms with van der Waals surface area (Å²) in [5.74, 6) is -0.721. The summed E-state index contributed by atoms with van der Waals surface area (Å²) in [5.41, 5.74) is 0.0186. The third-order valence-corrected chi connectivity index (χ3v) is 2.69. The van der Waals surface area contributed by atoms with Gasteiger partial charge >= 0.3 is 5.97 Å². The predicted octanol–water partition coefficient (Wildman–Crippen LogP) is 1.37. The van der Waals surface area contributed by atoms with E-state index in [0.717, 1.165) is 12.8 Å². The number of alkyl halides is 1. The van der Waals surface area contributed by atoms with Gasteiger partial charge in [-0.25, -0.2) is 0 Å². The van der Waals surface area contributed by atoms with Crippen LogP contribution in [0.15, 0.2) is 11.8 Å². The van der Waals surface area contributed by atoms with E-state index < -0.39 is 11.9 Å². The summed E-state index contributed by atoms with van der Waals surface area (Å²) in [7, 11) is 0. The Kier molecular flexibility index (Phi) is 11.2. The third kappa shape index (κ3) is 10.2. The molecule has 0 unspecified atom stereocenters. The van der Waals surface area contributed by atoms with Crippen molar-refractivity contribution < 1.29 is 14.7 Å². The number of nitrogens with zero attached hydrogens (tertiary/aromatic N) is 1. The van der Waals surface area contributed by atoms with Crippen LogP contribution in [0.1, 0.15) is 32.1 Å². The van der Waals surface area contributed by atoms with Gasteiger partial charge in [0.05, 0.1) is 0 Å². The lowest BCUT2D eigenvalue weighted by Gasteiger charge is -2.04. The quantitative estimate of drug-likeness (QED) is 0.231. The normalized spacial score (nSPS) is 10.7. The summed E-state index contributed by atoms with van der Waals surface area (Å²) < 4.78 is 0. The third-order valence-electron chi connectivity index (χ3n) is 2.42. The van der Waals surface area contributed by atoms with E-state index in [9.17, 15) is 9.59 Å². The summed E-state index contributed by atoms with van der Waals surface area (Å²) in [6, 6.07) is 1.82. The Bertz CT molecular complexity index is 378. The summed E-state index contributed by atoms with van der Waals surface area (Å²) in [4.78, 5) is 21.9. The van der Waals surface area contributed by atoms with Crippen LogP contribution in [-0.4, -0.2) is 36.0 Å². The fourth-order valence-electron chi connectivity index (χ4n) is 1.37. The average molecular weight is 302 g/mol. The summed E-state index contributed by atoms with van der Waals surface area (Å²) in [6.07, 6.45) is 4.28. The van der Waals surface area contributed by atoms with Crippen molar-refractivity contribution in [2.75, 3.05) is 19.0 Å². The van der Waals surface area contributed by atoms with Crippen LogP contribution in [0.5, 0.6) is 0 Å². The lowest BCUT2D eigenvalue weighted by Crippen LogP contribution is -2.26. The van der Waals surface area contributed by atoms with Crippen LogP contribution < -0.4 is 10.6 Å². The molecule has 1 amide bonds. The minimum Gasteiger partial charge on any atom is -0.481 e. The van der Waals surface area contributed by atoms with Gasteiger partial charge in [0.1, 0.15) is 11.6 Å². The van der Waals surface area contributed by atoms with E-state index in [4.69, 9.17) is 22.0 Å². The Hall–Kier alpha value is -1.74. The Morgan fingerprint density at radius 1 is 1.20 bits per heavy atom. The molecule has 7 heteroatoms. The maximum atomic E-state index is 11.6. The maximum absolute atomic E-state index is 11.6. The lowest BCUT2D eigenvalue weighted by molar-refractivity contribution is -0.137. The van der Waals surface area contributed by atoms with Crippen LogP contribution in [0.4, 0.5) is 0 Å². The van der Waals surface area contributed by atoms with E-state index in [1.54, 1.807) is 0 Å². The molecular formula is C13H20ClN3O3. The fraction of sp³-hybridized carbons (Fsp3) is 0.615. The molecule has 0 radical (unpaired) electrons. The minimum absolute atomic E-state index is 0.0186. The first-order valence-corrected chi connectivity index (χ1v) is 7.05. The molecule has 0 aliphatic carbocycles. The Labute approximate surface area is 123 Å². The van der Waals surface area contributed by atoms with Crippen LogP contribution in [0, 0.1) is 11.3 Å². The highest BCUT2D eigenvalue weighted by atomic mass is 35.5. The van der Waals surface area contributed by atoms with E-state index in [-0.39, 0.29) is 12.0 Å². The molecular weight excluding hydrogens is 282 g/mol. The van der Waals surface area contributed by atoms with Gasteiger partial charge in [0, 0.05) is 31.6 Å². The number of carboxylic acid groups (broad SMARTS) is 1. The van der Waals surface area contributed by atoms with Gasteiger partial charge in [-0.05, 0) is 19.3 Å². The van der Waals surface area contributed by atoms with Gasteiger partial charge < -0.3 is 15.7 Å². The van der Waals surface area contributed by atoms with Gasteiger partial charge in [0.2, 0.25) is 0 Å². The molecule has 0 aromatic heterocycles. The minimum atomic E-state index is -0.813. The van der Waals surface area contributed by atoms with Crippen molar-refractivity contribution in [1.29, 1.82) is 5.26 Å². The molecule has 0 aromatic carbocycles. The van der Waals surface area contributed by atoms with E-state index >= 15 is 0 Å². The van der Waals surface area contributed by atoms with Gasteiger partial charge in [-0.2, -0.15) is 5.26 Å². The van der Waals surface area contributed by atoms with Crippen LogP contribution in [0.25, 0.3) is 0 Å². The number of halogens is 1. The first kappa shape index (κ1) is 18.3. The van der Waals surface area contributed by atoms with Gasteiger partial charge in [-0.3, -0.25) is 9.59 Å². The summed E-state index contributed by atoms with van der Waals surface area (Å²) >= 11 is 5.50. The molecule has 0 saturated carbocycles. The number of amides is 1. The summed E-state index contributed by atoms with van der Waals surface area (Å²) in [5, 5.41) is 22.8. The molecule has 0 aliphatic rings. The zero-order chi connectivity index (χ0) is 15.2. The highest BCUT2D eigenvalue weighted by Crippen LogP contribution is 1.99. The average Bonchev–Trinajstić information content (AvgIpc) is 2.42. The Balaban J connectivity index is 3.82. The van der Waals surface area contributed by atoms with Crippen molar-refractivity contribution in [3.8, 4) is 6.07 Å². The van der Waals surface area contributed by atoms with Crippen molar-refractivity contribution in [2.24, 2.45) is 0 Å². The largest absolute Gasteiger partial charge is 0.481 e. The topological polar surface area (TPSA) is 102 Å². The molecule has 0 spiro atoms. The van der Waals surface area contributed by atoms with Gasteiger partial charge in [0.15, 0.2) is 0 Å². The first-order chi connectivity index (χ1) is 9.61. The molecule has 3 N–H and O–H groups in total. The molecule has 112 valence electrons. The molecule has 0 atom stereocenters. The van der Waals surface area contributed by atoms with Crippen LogP contribution in [0.2, 0.25) is 0 Å². The van der Waals surface area contributed by atoms with Crippen LogP contribution in [0.3, 0.4) is 0 Å². The summed E-state index contributed by atoms with van der Waals surface area (Å²) in [6.45, 7) is 1.04. The number of hydrogen-bond donors (Lipinski definition) is 3. The number of nitrogens with one attached hydrogen (secondary N) is 2. The highest BCUT2D eigenvalue weighted by molar-refractivity contribution is 6.17. The number of unbranched alkanes of at least 4 members (excludes halogenated alkanes) is 2. The Morgan fingerprint density at radius 3 is 2.55 bits per heavy atom. The standard InChI is InChI=1S/C13H20ClN3O3/c14-6-4-7-16-10-11(9-15)13(20)17-8-3-1-2-5-12(18)19/h10,16H,1-8H2,(H,17,20)(H,18,19)/b11-10-. The van der Waals surface area contributed by atoms with E-state index in [2.05, 4.69) is 10.6 Å². The molecule has 0 aliphatic heterocycles. The Morgan fingerprint density at radius 2 is 1.95 bits per heavy atom. The first-order valence-electron chi connectivity index (χ1n) is 6.51. The van der Waals surface area contributed by atoms with Gasteiger partial charge in [-0.1, -0.05) is 6.42 Å². The number of carbonyl (C=O) groups excluding carboxylic acids is 1. The van der Waals surface area contributed by atoms with Crippen molar-refractivity contribution in [3.63, 3.8) is 0 Å². The van der Waals surface area contributed by atoms with E-state index in [1.165, 1.54) is 6.20 Å². The van der Waals surface area contributed by atoms with Gasteiger partial charge in [0.25, 0.3) is 5.91 Å². The number of carboxylic acids is 1. The van der Waals surface area contributed by atoms with Crippen molar-refractivity contribution in [1.82, 2.24) is 10.6 Å². The predicted molar refractivity (Wildman–Crippen MR) is 76.1 cm³/mol. The van der Waals surface area contributed by atoms with Crippen LogP contribution in [-0.2, 0) is 9.59 Å². The van der Waals surface area contributed by atoms with E-state index in [0.29, 0.717) is 31.8 Å². The molecule has 0 aromatic rings. The molecule has 0 bridgehead atoms. The van der Waals surface area contributed by atoms with E-state index in [1.807, 2.05) is 6.07 Å². The van der Waals surface area contributed by atoms with Crippen molar-refractivity contribution in [3.05, 3.63) is 11.8 Å². The molecule has 0 rings (SSSR count). The smallest absolute Gasteiger partial charge is 0.303 e. The zero-order valence-corrected chi connectivity index (χ0v) is 12.1. The number of aliphatic carboxylic acids is 1. The van der Waals surface area contributed by atoms with Crippen molar-refractivity contribution in [2.45, 2.75) is 32.1 Å². The molecule has 6 nitrogen and oxygen atoms in total. The zero-order valence-electron chi connectivity index (χ0n) is 11.3. The molecule has 20 heavy (non-hydrogen) atoms. The number of carbonyl (C=O) groups is 2. The van der Waals surface area contributed by atoms with Crippen LogP contribution >= 0.6 is 11.6 Å². The highest BCUT2D eigenvalue weighted by Gasteiger charge is 2.07. The van der Waals surface area contributed by atoms with Crippen molar-refractivity contribution >= 4 is 23.5 Å². The number of hydrogen-bond acceptors (Lipinski definition) is 4. The number of nitriles is 1. The second-order valence-electron chi connectivity index (χ2n) is 4.13. The SMILES string of the molecule is N#C/C(=C/NCCCCl)C(=O)NCCCCCC(=O)O. The molecule has 0 saturated heterocycles. The molecule has 0 fully saturated rings. The second-order valence-corrected chi connectivity index (χ2v) is 4.50. The fourth-order valence-corrected chi connectivity index (χ4v) is 1.50. The molecule has 0 heterocycles. The second kappa shape index (κ2) is 12.3. The lowest BCUT2D eigenvalue weighted by atomic mass is 10.2. The van der Waals surface area contributed by atoms with Gasteiger partial charge in [-0.15, -0.1) is 11.6 Å². The monoisotopic (exact) mass is 301 g/mol. The maximum Gasteiger partial charge on any atom is 0.303 e.